The summed E-state index contributed by atoms with van der Waals surface area (Å²) >= 11 is 0. The van der Waals surface area contributed by atoms with Gasteiger partial charge in [-0.15, -0.1) is 0 Å². The van der Waals surface area contributed by atoms with Crippen LogP contribution in [0, 0.1) is 18.6 Å². The fourth-order valence-electron chi connectivity index (χ4n) is 5.28. The number of aryl methyl sites for hydroxylation is 1. The predicted octanol–water partition coefficient (Wildman–Crippen LogP) is 6.16. The summed E-state index contributed by atoms with van der Waals surface area (Å²) in [6, 6.07) is 8.02. The highest BCUT2D eigenvalue weighted by Gasteiger charge is 2.44. The first kappa shape index (κ1) is 27.1. The summed E-state index contributed by atoms with van der Waals surface area (Å²) < 4.78 is 82.7. The van der Waals surface area contributed by atoms with E-state index in [9.17, 15) is 22.0 Å². The Labute approximate surface area is 231 Å². The summed E-state index contributed by atoms with van der Waals surface area (Å²) in [6.45, 7) is 5.49. The van der Waals surface area contributed by atoms with Crippen molar-refractivity contribution in [2.75, 3.05) is 13.1 Å². The van der Waals surface area contributed by atoms with E-state index in [1.54, 1.807) is 19.1 Å². The van der Waals surface area contributed by atoms with E-state index in [1.165, 1.54) is 6.20 Å². The van der Waals surface area contributed by atoms with Crippen molar-refractivity contribution in [1.29, 1.82) is 0 Å². The number of ether oxygens (including phenoxy) is 2. The molecule has 5 heterocycles. The van der Waals surface area contributed by atoms with E-state index in [1.807, 2.05) is 19.1 Å². The maximum atomic E-state index is 14.5. The van der Waals surface area contributed by atoms with Crippen LogP contribution in [-0.2, 0) is 18.5 Å². The lowest BCUT2D eigenvalue weighted by Crippen LogP contribution is -2.34. The lowest BCUT2D eigenvalue weighted by molar-refractivity contribution is -0.159. The number of halogens is 5. The fraction of sp³-hybridized carbons (Fsp3) is 0.357. The Balaban J connectivity index is 1.12. The molecule has 1 unspecified atom stereocenters. The average molecular weight is 574 g/mol. The molecule has 214 valence electrons. The van der Waals surface area contributed by atoms with Gasteiger partial charge >= 0.3 is 12.1 Å². The molecule has 8 nitrogen and oxygen atoms in total. The molecule has 0 spiro atoms. The zero-order valence-electron chi connectivity index (χ0n) is 22.0. The van der Waals surface area contributed by atoms with Gasteiger partial charge in [-0.3, -0.25) is 9.88 Å². The molecule has 0 N–H and O–H groups in total. The molecule has 3 aromatic heterocycles. The van der Waals surface area contributed by atoms with Gasteiger partial charge in [0.25, 0.3) is 5.79 Å². The van der Waals surface area contributed by atoms with Crippen LogP contribution >= 0.6 is 0 Å². The minimum absolute atomic E-state index is 0.134. The molecule has 6 rings (SSSR count). The van der Waals surface area contributed by atoms with Crippen molar-refractivity contribution in [2.45, 2.75) is 51.1 Å². The summed E-state index contributed by atoms with van der Waals surface area (Å²) in [7, 11) is 0. The van der Waals surface area contributed by atoms with Gasteiger partial charge in [0.15, 0.2) is 23.0 Å². The molecule has 0 bridgehead atoms. The number of rotatable bonds is 5. The Morgan fingerprint density at radius 1 is 1.05 bits per heavy atom. The van der Waals surface area contributed by atoms with Gasteiger partial charge in [0, 0.05) is 36.9 Å². The third-order valence-corrected chi connectivity index (χ3v) is 7.36. The molecule has 2 aliphatic rings. The van der Waals surface area contributed by atoms with Crippen molar-refractivity contribution in [1.82, 2.24) is 25.0 Å². The van der Waals surface area contributed by atoms with Crippen molar-refractivity contribution >= 4 is 0 Å². The number of para-hydroxylation sites is 1. The van der Waals surface area contributed by atoms with Crippen molar-refractivity contribution in [3.8, 4) is 22.9 Å². The monoisotopic (exact) mass is 573 g/mol. The van der Waals surface area contributed by atoms with Crippen LogP contribution in [0.3, 0.4) is 0 Å². The van der Waals surface area contributed by atoms with Gasteiger partial charge in [-0.1, -0.05) is 17.3 Å². The van der Waals surface area contributed by atoms with Gasteiger partial charge in [-0.25, -0.2) is 13.8 Å². The molecule has 41 heavy (non-hydrogen) atoms. The quantitative estimate of drug-likeness (QED) is 0.263. The first-order valence-corrected chi connectivity index (χ1v) is 12.9. The van der Waals surface area contributed by atoms with E-state index in [4.69, 9.17) is 9.47 Å². The van der Waals surface area contributed by atoms with Gasteiger partial charge in [-0.05, 0) is 56.5 Å². The largest absolute Gasteiger partial charge is 0.471 e. The average Bonchev–Trinajstić information content (AvgIpc) is 3.55. The Hall–Kier alpha value is -4.13. The lowest BCUT2D eigenvalue weighted by atomic mass is 9.88. The van der Waals surface area contributed by atoms with Gasteiger partial charge in [0.2, 0.25) is 5.82 Å². The van der Waals surface area contributed by atoms with Crippen LogP contribution < -0.4 is 9.47 Å². The highest BCUT2D eigenvalue weighted by molar-refractivity contribution is 5.54. The van der Waals surface area contributed by atoms with Crippen molar-refractivity contribution in [3.63, 3.8) is 0 Å². The van der Waals surface area contributed by atoms with Crippen LogP contribution in [0.5, 0.6) is 11.5 Å². The second-order valence-electron chi connectivity index (χ2n) is 10.3. The molecule has 0 amide bonds. The molecule has 4 aromatic rings. The van der Waals surface area contributed by atoms with Crippen LogP contribution in [0.15, 0.2) is 47.2 Å². The Bertz CT molecular complexity index is 1600. The molecule has 1 aromatic carbocycles. The number of hydrogen-bond donors (Lipinski definition) is 0. The van der Waals surface area contributed by atoms with Gasteiger partial charge in [-0.2, -0.15) is 18.2 Å². The molecule has 0 aliphatic carbocycles. The number of piperidine rings is 1. The Morgan fingerprint density at radius 2 is 1.83 bits per heavy atom. The van der Waals surface area contributed by atoms with Gasteiger partial charge < -0.3 is 14.0 Å². The zero-order chi connectivity index (χ0) is 28.9. The summed E-state index contributed by atoms with van der Waals surface area (Å²) in [4.78, 5) is 14.0. The highest BCUT2D eigenvalue weighted by Crippen LogP contribution is 2.49. The molecule has 1 atom stereocenters. The first-order chi connectivity index (χ1) is 19.5. The normalized spacial score (nSPS) is 19.6. The number of benzene rings is 1. The number of nitrogens with zero attached hydrogens (tertiary/aromatic N) is 5. The van der Waals surface area contributed by atoms with Crippen LogP contribution in [0.2, 0.25) is 0 Å². The lowest BCUT2D eigenvalue weighted by Gasteiger charge is -2.32. The Morgan fingerprint density at radius 3 is 2.51 bits per heavy atom. The van der Waals surface area contributed by atoms with E-state index in [2.05, 4.69) is 29.5 Å². The van der Waals surface area contributed by atoms with Crippen LogP contribution in [0.1, 0.15) is 54.1 Å². The SMILES string of the molecule is Cc1cc(-c2noc(C(F)(F)F)n2)cnc1CN1CCC(c2cccc3c2OC(C)(c2ncc(F)cc2F)O3)CC1. The summed E-state index contributed by atoms with van der Waals surface area (Å²) in [5, 5.41) is 3.42. The number of likely N-dealkylation sites (tertiary alicyclic amines) is 1. The van der Waals surface area contributed by atoms with Crippen LogP contribution in [0.25, 0.3) is 11.4 Å². The van der Waals surface area contributed by atoms with Gasteiger partial charge in [0.1, 0.15) is 5.82 Å². The maximum absolute atomic E-state index is 14.5. The number of fused-ring (bicyclic) bond motifs is 1. The maximum Gasteiger partial charge on any atom is 0.471 e. The third-order valence-electron chi connectivity index (χ3n) is 7.36. The molecule has 0 saturated carbocycles. The molecule has 2 aliphatic heterocycles. The van der Waals surface area contributed by atoms with E-state index < -0.39 is 29.5 Å². The number of hydrogen-bond acceptors (Lipinski definition) is 8. The van der Waals surface area contributed by atoms with E-state index in [0.717, 1.165) is 55.0 Å². The van der Waals surface area contributed by atoms with E-state index >= 15 is 0 Å². The van der Waals surface area contributed by atoms with Gasteiger partial charge in [0.05, 0.1) is 11.9 Å². The number of aromatic nitrogens is 4. The van der Waals surface area contributed by atoms with Crippen molar-refractivity contribution in [2.24, 2.45) is 0 Å². The summed E-state index contributed by atoms with van der Waals surface area (Å²) in [5.74, 6) is -3.57. The number of alkyl halides is 3. The molecule has 1 fully saturated rings. The standard InChI is InChI=1S/C28H24F5N5O3/c1-15-10-17(25-36-26(41-37-25)28(31,32)33)12-34-21(15)14-38-8-6-16(7-9-38)19-4-3-5-22-23(19)40-27(2,39-22)24-20(30)11-18(29)13-35-24/h3-5,10-13,16H,6-9,14H2,1-2H3. The molecule has 13 heteroatoms. The smallest absolute Gasteiger partial charge is 0.443 e. The minimum Gasteiger partial charge on any atom is -0.443 e. The first-order valence-electron chi connectivity index (χ1n) is 12.9. The molecule has 1 saturated heterocycles. The van der Waals surface area contributed by atoms with Crippen LogP contribution in [-0.4, -0.2) is 38.1 Å². The topological polar surface area (TPSA) is 86.4 Å². The highest BCUT2D eigenvalue weighted by atomic mass is 19.4. The van der Waals surface area contributed by atoms with E-state index in [-0.39, 0.29) is 17.4 Å². The van der Waals surface area contributed by atoms with Crippen molar-refractivity contribution < 1.29 is 35.9 Å². The summed E-state index contributed by atoms with van der Waals surface area (Å²) in [6.07, 6.45) is -0.703. The molecule has 0 radical (unpaired) electrons. The number of pyridine rings is 2. The van der Waals surface area contributed by atoms with Crippen LogP contribution in [0.4, 0.5) is 22.0 Å². The predicted molar refractivity (Wildman–Crippen MR) is 134 cm³/mol. The second-order valence-corrected chi connectivity index (χ2v) is 10.3. The third kappa shape index (κ3) is 5.21. The summed E-state index contributed by atoms with van der Waals surface area (Å²) in [5.41, 5.74) is 2.76. The molecular formula is C28H24F5N5O3. The second kappa shape index (κ2) is 10.1. The van der Waals surface area contributed by atoms with Crippen molar-refractivity contribution in [3.05, 3.63) is 82.8 Å². The minimum atomic E-state index is -4.71. The Kier molecular flexibility index (Phi) is 6.63. The van der Waals surface area contributed by atoms with E-state index in [0.29, 0.717) is 23.6 Å². The fourth-order valence-corrected chi connectivity index (χ4v) is 5.28. The molecular weight excluding hydrogens is 549 g/mol. The zero-order valence-corrected chi connectivity index (χ0v) is 22.0.